The van der Waals surface area contributed by atoms with Crippen LogP contribution in [0.25, 0.3) is 0 Å². The van der Waals surface area contributed by atoms with Crippen LogP contribution in [0.5, 0.6) is 5.75 Å². The Bertz CT molecular complexity index is 697. The number of hydrogen-bond donors (Lipinski definition) is 1. The SMILES string of the molecule is C=CCN1C(=O)C(c2ccccc2)Oc2ccc(CO)cc21. The molecule has 1 aliphatic rings. The number of fused-ring (bicyclic) bond motifs is 1. The van der Waals surface area contributed by atoms with E-state index in [1.165, 1.54) is 0 Å². The molecular weight excluding hydrogens is 278 g/mol. The van der Waals surface area contributed by atoms with E-state index in [2.05, 4.69) is 6.58 Å². The van der Waals surface area contributed by atoms with E-state index in [0.29, 0.717) is 18.0 Å². The minimum Gasteiger partial charge on any atom is -0.474 e. The molecule has 0 radical (unpaired) electrons. The van der Waals surface area contributed by atoms with E-state index in [1.807, 2.05) is 30.3 Å². The van der Waals surface area contributed by atoms with Gasteiger partial charge in [0.25, 0.3) is 5.91 Å². The van der Waals surface area contributed by atoms with Crippen LogP contribution in [0.4, 0.5) is 5.69 Å². The van der Waals surface area contributed by atoms with Crippen molar-refractivity contribution in [2.75, 3.05) is 11.4 Å². The molecule has 22 heavy (non-hydrogen) atoms. The Morgan fingerprint density at radius 2 is 2.00 bits per heavy atom. The predicted molar refractivity (Wildman–Crippen MR) is 84.7 cm³/mol. The molecule has 1 N–H and O–H groups in total. The van der Waals surface area contributed by atoms with Crippen LogP contribution in [0.2, 0.25) is 0 Å². The van der Waals surface area contributed by atoms with Crippen molar-refractivity contribution in [3.8, 4) is 5.75 Å². The number of ether oxygens (including phenoxy) is 1. The summed E-state index contributed by atoms with van der Waals surface area (Å²) in [5, 5.41) is 9.29. The van der Waals surface area contributed by atoms with Crippen LogP contribution in [-0.2, 0) is 11.4 Å². The van der Waals surface area contributed by atoms with Crippen molar-refractivity contribution in [3.63, 3.8) is 0 Å². The molecule has 0 saturated heterocycles. The number of anilines is 1. The molecule has 1 aliphatic heterocycles. The van der Waals surface area contributed by atoms with Gasteiger partial charge in [-0.25, -0.2) is 0 Å². The molecule has 0 spiro atoms. The smallest absolute Gasteiger partial charge is 0.273 e. The van der Waals surface area contributed by atoms with Gasteiger partial charge in [0, 0.05) is 12.1 Å². The molecule has 2 aromatic rings. The Hall–Kier alpha value is -2.59. The average molecular weight is 295 g/mol. The van der Waals surface area contributed by atoms with E-state index in [9.17, 15) is 9.90 Å². The third-order valence-corrected chi connectivity index (χ3v) is 3.65. The van der Waals surface area contributed by atoms with Crippen molar-refractivity contribution in [1.29, 1.82) is 0 Å². The van der Waals surface area contributed by atoms with Crippen LogP contribution in [0.3, 0.4) is 0 Å². The number of aliphatic hydroxyl groups is 1. The fourth-order valence-corrected chi connectivity index (χ4v) is 2.57. The summed E-state index contributed by atoms with van der Waals surface area (Å²) in [5.41, 5.74) is 2.23. The highest BCUT2D eigenvalue weighted by Gasteiger charge is 2.34. The second kappa shape index (κ2) is 6.03. The number of hydrogen-bond acceptors (Lipinski definition) is 3. The maximum atomic E-state index is 12.8. The highest BCUT2D eigenvalue weighted by molar-refractivity contribution is 6.00. The Balaban J connectivity index is 2.05. The largest absolute Gasteiger partial charge is 0.474 e. The lowest BCUT2D eigenvalue weighted by Crippen LogP contribution is -2.41. The van der Waals surface area contributed by atoms with Gasteiger partial charge in [0.2, 0.25) is 6.10 Å². The number of carbonyl (C=O) groups excluding carboxylic acids is 1. The number of carbonyl (C=O) groups is 1. The van der Waals surface area contributed by atoms with E-state index < -0.39 is 6.10 Å². The lowest BCUT2D eigenvalue weighted by atomic mass is 10.0. The van der Waals surface area contributed by atoms with Gasteiger partial charge in [-0.3, -0.25) is 4.79 Å². The topological polar surface area (TPSA) is 49.8 Å². The maximum Gasteiger partial charge on any atom is 0.273 e. The first-order valence-corrected chi connectivity index (χ1v) is 7.12. The van der Waals surface area contributed by atoms with E-state index in [4.69, 9.17) is 4.74 Å². The second-order valence-corrected chi connectivity index (χ2v) is 5.11. The van der Waals surface area contributed by atoms with Gasteiger partial charge in [-0.1, -0.05) is 42.5 Å². The van der Waals surface area contributed by atoms with Crippen LogP contribution in [0.1, 0.15) is 17.2 Å². The van der Waals surface area contributed by atoms with Crippen LogP contribution in [0.15, 0.2) is 61.2 Å². The van der Waals surface area contributed by atoms with Crippen molar-refractivity contribution >= 4 is 11.6 Å². The zero-order valence-electron chi connectivity index (χ0n) is 12.1. The number of benzene rings is 2. The minimum atomic E-state index is -0.659. The van der Waals surface area contributed by atoms with E-state index >= 15 is 0 Å². The van der Waals surface area contributed by atoms with Crippen molar-refractivity contribution < 1.29 is 14.6 Å². The molecular formula is C18H17NO3. The molecule has 4 nitrogen and oxygen atoms in total. The van der Waals surface area contributed by atoms with Crippen molar-refractivity contribution in [2.45, 2.75) is 12.7 Å². The zero-order valence-corrected chi connectivity index (χ0v) is 12.1. The third kappa shape index (κ3) is 2.49. The molecule has 2 aromatic carbocycles. The first kappa shape index (κ1) is 14.4. The molecule has 0 aliphatic carbocycles. The highest BCUT2D eigenvalue weighted by atomic mass is 16.5. The molecule has 4 heteroatoms. The fourth-order valence-electron chi connectivity index (χ4n) is 2.57. The summed E-state index contributed by atoms with van der Waals surface area (Å²) >= 11 is 0. The first-order chi connectivity index (χ1) is 10.7. The van der Waals surface area contributed by atoms with Gasteiger partial charge in [0.1, 0.15) is 5.75 Å². The van der Waals surface area contributed by atoms with E-state index in [0.717, 1.165) is 11.1 Å². The van der Waals surface area contributed by atoms with Crippen LogP contribution >= 0.6 is 0 Å². The summed E-state index contributed by atoms with van der Waals surface area (Å²) in [5.74, 6) is 0.501. The Labute approximate surface area is 129 Å². The molecule has 0 bridgehead atoms. The molecule has 3 rings (SSSR count). The van der Waals surface area contributed by atoms with Gasteiger partial charge in [0.05, 0.1) is 12.3 Å². The molecule has 0 aromatic heterocycles. The monoisotopic (exact) mass is 295 g/mol. The summed E-state index contributed by atoms with van der Waals surface area (Å²) in [6.07, 6.45) is 1.02. The van der Waals surface area contributed by atoms with Crippen LogP contribution < -0.4 is 9.64 Å². The normalized spacial score (nSPS) is 16.9. The van der Waals surface area contributed by atoms with Gasteiger partial charge >= 0.3 is 0 Å². The standard InChI is InChI=1S/C18H17NO3/c1-2-10-19-15-11-13(12-20)8-9-16(15)22-17(18(19)21)14-6-4-3-5-7-14/h2-9,11,17,20H,1,10,12H2. The van der Waals surface area contributed by atoms with Crippen LogP contribution in [0, 0.1) is 0 Å². The zero-order chi connectivity index (χ0) is 15.5. The first-order valence-electron chi connectivity index (χ1n) is 7.12. The summed E-state index contributed by atoms with van der Waals surface area (Å²) in [6.45, 7) is 4.04. The molecule has 0 saturated carbocycles. The number of amides is 1. The Morgan fingerprint density at radius 3 is 2.68 bits per heavy atom. The lowest BCUT2D eigenvalue weighted by Gasteiger charge is -2.34. The average Bonchev–Trinajstić information content (AvgIpc) is 2.57. The quantitative estimate of drug-likeness (QED) is 0.882. The summed E-state index contributed by atoms with van der Waals surface area (Å²) in [6, 6.07) is 14.8. The van der Waals surface area contributed by atoms with E-state index in [-0.39, 0.29) is 12.5 Å². The van der Waals surface area contributed by atoms with Gasteiger partial charge in [0.15, 0.2) is 0 Å². The van der Waals surface area contributed by atoms with Crippen LogP contribution in [-0.4, -0.2) is 17.6 Å². The van der Waals surface area contributed by atoms with Crippen molar-refractivity contribution in [2.24, 2.45) is 0 Å². The molecule has 0 fully saturated rings. The maximum absolute atomic E-state index is 12.8. The Morgan fingerprint density at radius 1 is 1.23 bits per heavy atom. The number of nitrogens with zero attached hydrogens (tertiary/aromatic N) is 1. The second-order valence-electron chi connectivity index (χ2n) is 5.11. The van der Waals surface area contributed by atoms with Gasteiger partial charge in [-0.05, 0) is 17.7 Å². The molecule has 112 valence electrons. The number of aliphatic hydroxyl groups excluding tert-OH is 1. The van der Waals surface area contributed by atoms with Gasteiger partial charge in [-0.15, -0.1) is 6.58 Å². The van der Waals surface area contributed by atoms with Crippen molar-refractivity contribution in [1.82, 2.24) is 0 Å². The molecule has 1 heterocycles. The fraction of sp³-hybridized carbons (Fsp3) is 0.167. The molecule has 1 amide bonds. The Kier molecular flexibility index (Phi) is 3.94. The highest BCUT2D eigenvalue weighted by Crippen LogP contribution is 2.39. The number of rotatable bonds is 4. The summed E-state index contributed by atoms with van der Waals surface area (Å²) in [4.78, 5) is 14.4. The van der Waals surface area contributed by atoms with Gasteiger partial charge in [-0.2, -0.15) is 0 Å². The van der Waals surface area contributed by atoms with E-state index in [1.54, 1.807) is 29.2 Å². The minimum absolute atomic E-state index is 0.0779. The molecule has 1 unspecified atom stereocenters. The van der Waals surface area contributed by atoms with Crippen molar-refractivity contribution in [3.05, 3.63) is 72.3 Å². The summed E-state index contributed by atoms with van der Waals surface area (Å²) < 4.78 is 5.90. The van der Waals surface area contributed by atoms with Gasteiger partial charge < -0.3 is 14.7 Å². The lowest BCUT2D eigenvalue weighted by molar-refractivity contribution is -0.126. The predicted octanol–water partition coefficient (Wildman–Crippen LogP) is 2.83. The third-order valence-electron chi connectivity index (χ3n) is 3.65. The summed E-state index contributed by atoms with van der Waals surface area (Å²) in [7, 11) is 0. The molecule has 1 atom stereocenters.